The number of aliphatic carboxylic acids is 2. The van der Waals surface area contributed by atoms with Gasteiger partial charge in [0.2, 0.25) is 0 Å². The molecule has 1 rings (SSSR count). The van der Waals surface area contributed by atoms with Crippen molar-refractivity contribution < 1.29 is 24.6 Å². The predicted octanol–water partition coefficient (Wildman–Crippen LogP) is -0.448. The van der Waals surface area contributed by atoms with E-state index in [9.17, 15) is 9.59 Å². The van der Waals surface area contributed by atoms with Gasteiger partial charge in [-0.15, -0.1) is 0 Å². The maximum Gasteiger partial charge on any atom is 0.331 e. The molecule has 0 unspecified atom stereocenters. The van der Waals surface area contributed by atoms with Crippen molar-refractivity contribution in [1.29, 1.82) is 0 Å². The van der Waals surface area contributed by atoms with Crippen LogP contribution in [0.1, 0.15) is 12.8 Å². The Morgan fingerprint density at radius 1 is 1.46 bits per heavy atom. The lowest BCUT2D eigenvalue weighted by molar-refractivity contribution is -0.195. The number of hydrogen-bond acceptors (Lipinski definition) is 4. The van der Waals surface area contributed by atoms with E-state index in [0.29, 0.717) is 13.0 Å². The molecule has 0 saturated carbocycles. The predicted molar refractivity (Wildman–Crippen MR) is 41.0 cm³/mol. The highest BCUT2D eigenvalue weighted by Crippen LogP contribution is 2.17. The standard InChI is InChI=1S/C7H11NO5/c9-6(10)4-13-8-3-1-2-5(8)7(11)12/h5H,1-4H2,(H,9,10)(H,11,12)/t5-/m0/s1. The summed E-state index contributed by atoms with van der Waals surface area (Å²) in [6.07, 6.45) is 1.23. The quantitative estimate of drug-likeness (QED) is 0.623. The largest absolute Gasteiger partial charge is 0.480 e. The number of carboxylic acid groups (broad SMARTS) is 2. The fourth-order valence-electron chi connectivity index (χ4n) is 1.28. The molecule has 13 heavy (non-hydrogen) atoms. The Kier molecular flexibility index (Phi) is 3.21. The molecule has 74 valence electrons. The molecular formula is C7H11NO5. The van der Waals surface area contributed by atoms with E-state index in [1.807, 2.05) is 0 Å². The summed E-state index contributed by atoms with van der Waals surface area (Å²) in [6.45, 7) is -0.00593. The lowest BCUT2D eigenvalue weighted by Crippen LogP contribution is -2.37. The van der Waals surface area contributed by atoms with Crippen molar-refractivity contribution in [3.05, 3.63) is 0 Å². The fourth-order valence-corrected chi connectivity index (χ4v) is 1.28. The van der Waals surface area contributed by atoms with Gasteiger partial charge < -0.3 is 10.2 Å². The molecule has 0 amide bonds. The Morgan fingerprint density at radius 2 is 2.15 bits per heavy atom. The van der Waals surface area contributed by atoms with Gasteiger partial charge >= 0.3 is 11.9 Å². The molecule has 1 saturated heterocycles. The average molecular weight is 189 g/mol. The molecule has 0 radical (unpaired) electrons. The van der Waals surface area contributed by atoms with E-state index in [2.05, 4.69) is 0 Å². The van der Waals surface area contributed by atoms with E-state index in [1.165, 1.54) is 5.06 Å². The van der Waals surface area contributed by atoms with E-state index in [0.717, 1.165) is 6.42 Å². The molecular weight excluding hydrogens is 178 g/mol. The van der Waals surface area contributed by atoms with Gasteiger partial charge in [-0.2, -0.15) is 5.06 Å². The smallest absolute Gasteiger partial charge is 0.331 e. The molecule has 1 atom stereocenters. The number of rotatable bonds is 4. The minimum absolute atomic E-state index is 0.476. The highest BCUT2D eigenvalue weighted by molar-refractivity contribution is 5.73. The van der Waals surface area contributed by atoms with Crippen molar-refractivity contribution in [3.63, 3.8) is 0 Å². The third-order valence-corrected chi connectivity index (χ3v) is 1.84. The van der Waals surface area contributed by atoms with Crippen molar-refractivity contribution in [3.8, 4) is 0 Å². The van der Waals surface area contributed by atoms with Crippen LogP contribution in [-0.4, -0.2) is 46.4 Å². The van der Waals surface area contributed by atoms with Crippen molar-refractivity contribution in [1.82, 2.24) is 5.06 Å². The zero-order chi connectivity index (χ0) is 9.84. The summed E-state index contributed by atoms with van der Waals surface area (Å²) in [5.74, 6) is -2.07. The van der Waals surface area contributed by atoms with Crippen LogP contribution in [0, 0.1) is 0 Å². The molecule has 0 aromatic heterocycles. The van der Waals surface area contributed by atoms with Gasteiger partial charge in [0.05, 0.1) is 0 Å². The van der Waals surface area contributed by atoms with E-state index in [4.69, 9.17) is 15.1 Å². The number of nitrogens with zero attached hydrogens (tertiary/aromatic N) is 1. The van der Waals surface area contributed by atoms with Crippen molar-refractivity contribution in [2.75, 3.05) is 13.2 Å². The molecule has 0 bridgehead atoms. The summed E-state index contributed by atoms with van der Waals surface area (Å²) >= 11 is 0. The van der Waals surface area contributed by atoms with Crippen LogP contribution >= 0.6 is 0 Å². The molecule has 6 nitrogen and oxygen atoms in total. The maximum absolute atomic E-state index is 10.6. The highest BCUT2D eigenvalue weighted by Gasteiger charge is 2.31. The van der Waals surface area contributed by atoms with Crippen molar-refractivity contribution >= 4 is 11.9 Å². The van der Waals surface area contributed by atoms with Gasteiger partial charge in [-0.05, 0) is 12.8 Å². The second kappa shape index (κ2) is 4.20. The van der Waals surface area contributed by atoms with Crippen LogP contribution in [0.25, 0.3) is 0 Å². The summed E-state index contributed by atoms with van der Waals surface area (Å²) in [4.78, 5) is 25.5. The summed E-state index contributed by atoms with van der Waals surface area (Å²) in [5, 5.41) is 18.2. The average Bonchev–Trinajstić information content (AvgIpc) is 2.47. The minimum Gasteiger partial charge on any atom is -0.480 e. The second-order valence-electron chi connectivity index (χ2n) is 2.80. The normalized spacial score (nSPS) is 23.2. The van der Waals surface area contributed by atoms with Gasteiger partial charge in [-0.1, -0.05) is 0 Å². The van der Waals surface area contributed by atoms with Crippen LogP contribution in [0.3, 0.4) is 0 Å². The number of carbonyl (C=O) groups is 2. The highest BCUT2D eigenvalue weighted by atomic mass is 16.7. The molecule has 1 heterocycles. The van der Waals surface area contributed by atoms with Crippen LogP contribution in [0.2, 0.25) is 0 Å². The number of carboxylic acids is 2. The first-order chi connectivity index (χ1) is 6.11. The van der Waals surface area contributed by atoms with E-state index in [-0.39, 0.29) is 0 Å². The lowest BCUT2D eigenvalue weighted by atomic mass is 10.2. The first kappa shape index (κ1) is 9.94. The Labute approximate surface area is 74.7 Å². The first-order valence-corrected chi connectivity index (χ1v) is 3.95. The molecule has 2 N–H and O–H groups in total. The molecule has 0 aromatic rings. The van der Waals surface area contributed by atoms with Gasteiger partial charge in [-0.3, -0.25) is 9.63 Å². The summed E-state index contributed by atoms with van der Waals surface area (Å²) in [7, 11) is 0. The van der Waals surface area contributed by atoms with Gasteiger partial charge in [0.1, 0.15) is 6.04 Å². The van der Waals surface area contributed by atoms with Gasteiger partial charge in [0.25, 0.3) is 0 Å². The molecule has 6 heteroatoms. The minimum atomic E-state index is -1.10. The molecule has 0 spiro atoms. The Morgan fingerprint density at radius 3 is 2.69 bits per heavy atom. The zero-order valence-electron chi connectivity index (χ0n) is 6.97. The lowest BCUT2D eigenvalue weighted by Gasteiger charge is -2.18. The van der Waals surface area contributed by atoms with E-state index < -0.39 is 24.6 Å². The zero-order valence-corrected chi connectivity index (χ0v) is 6.97. The third-order valence-electron chi connectivity index (χ3n) is 1.84. The topological polar surface area (TPSA) is 87.1 Å². The molecule has 0 aromatic carbocycles. The summed E-state index contributed by atoms with van der Waals surface area (Å²) in [5.41, 5.74) is 0. The molecule has 1 fully saturated rings. The van der Waals surface area contributed by atoms with Crippen LogP contribution in [-0.2, 0) is 14.4 Å². The van der Waals surface area contributed by atoms with Crippen molar-refractivity contribution in [2.45, 2.75) is 18.9 Å². The van der Waals surface area contributed by atoms with Crippen LogP contribution in [0.4, 0.5) is 0 Å². The maximum atomic E-state index is 10.6. The van der Waals surface area contributed by atoms with Crippen LogP contribution in [0.5, 0.6) is 0 Å². The molecule has 0 aliphatic carbocycles. The van der Waals surface area contributed by atoms with Gasteiger partial charge in [0.15, 0.2) is 6.61 Å². The Hall–Kier alpha value is -1.14. The van der Waals surface area contributed by atoms with Gasteiger partial charge in [0, 0.05) is 6.54 Å². The Balaban J connectivity index is 2.39. The van der Waals surface area contributed by atoms with Gasteiger partial charge in [-0.25, -0.2) is 4.79 Å². The SMILES string of the molecule is O=C(O)CON1CCC[C@H]1C(=O)O. The Bertz CT molecular complexity index is 217. The third kappa shape index (κ3) is 2.67. The molecule has 1 aliphatic heterocycles. The van der Waals surface area contributed by atoms with Crippen LogP contribution < -0.4 is 0 Å². The van der Waals surface area contributed by atoms with E-state index >= 15 is 0 Å². The number of hydroxylamine groups is 2. The second-order valence-corrected chi connectivity index (χ2v) is 2.80. The molecule has 1 aliphatic rings. The van der Waals surface area contributed by atoms with Crippen molar-refractivity contribution in [2.24, 2.45) is 0 Å². The summed E-state index contributed by atoms with van der Waals surface area (Å²) < 4.78 is 0. The fraction of sp³-hybridized carbons (Fsp3) is 0.714. The van der Waals surface area contributed by atoms with Crippen LogP contribution in [0.15, 0.2) is 0 Å². The monoisotopic (exact) mass is 189 g/mol. The van der Waals surface area contributed by atoms with E-state index in [1.54, 1.807) is 0 Å². The number of hydrogen-bond donors (Lipinski definition) is 2. The summed E-state index contributed by atoms with van der Waals surface area (Å²) in [6, 6.07) is -0.695. The first-order valence-electron chi connectivity index (χ1n) is 3.95.